The Morgan fingerprint density at radius 1 is 1.43 bits per heavy atom. The number of benzene rings is 1. The number of para-hydroxylation sites is 1. The van der Waals surface area contributed by atoms with Crippen molar-refractivity contribution in [2.24, 2.45) is 5.73 Å². The molecule has 1 aliphatic rings. The summed E-state index contributed by atoms with van der Waals surface area (Å²) in [5, 5.41) is 3.36. The number of rotatable bonds is 3. The van der Waals surface area contributed by atoms with Gasteiger partial charge in [-0.3, -0.25) is 0 Å². The summed E-state index contributed by atoms with van der Waals surface area (Å²) >= 11 is 0. The van der Waals surface area contributed by atoms with Gasteiger partial charge in [0.1, 0.15) is 0 Å². The second kappa shape index (κ2) is 4.44. The van der Waals surface area contributed by atoms with E-state index in [0.29, 0.717) is 13.2 Å². The zero-order valence-corrected chi connectivity index (χ0v) is 8.20. The maximum atomic E-state index is 5.60. The molecule has 1 unspecified atom stereocenters. The van der Waals surface area contributed by atoms with Crippen LogP contribution in [0.4, 0.5) is 5.69 Å². The quantitative estimate of drug-likeness (QED) is 0.751. The average Bonchev–Trinajstić information content (AvgIpc) is 2.26. The molecule has 76 valence electrons. The third kappa shape index (κ3) is 2.05. The SMILES string of the molecule is NCCOC1CNc2ccccc2C1. The first-order valence-corrected chi connectivity index (χ1v) is 5.03. The van der Waals surface area contributed by atoms with E-state index in [4.69, 9.17) is 10.5 Å². The molecule has 1 heterocycles. The van der Waals surface area contributed by atoms with Crippen molar-refractivity contribution in [2.75, 3.05) is 25.0 Å². The third-order valence-electron chi connectivity index (χ3n) is 2.46. The van der Waals surface area contributed by atoms with Crippen LogP contribution in [0.5, 0.6) is 0 Å². The van der Waals surface area contributed by atoms with Crippen LogP contribution in [0.1, 0.15) is 5.56 Å². The van der Waals surface area contributed by atoms with E-state index >= 15 is 0 Å². The lowest BCUT2D eigenvalue weighted by atomic mass is 10.0. The Labute approximate surface area is 84.3 Å². The summed E-state index contributed by atoms with van der Waals surface area (Å²) in [6.07, 6.45) is 1.26. The molecular weight excluding hydrogens is 176 g/mol. The second-order valence-electron chi connectivity index (χ2n) is 3.52. The first kappa shape index (κ1) is 9.49. The Morgan fingerprint density at radius 2 is 2.29 bits per heavy atom. The van der Waals surface area contributed by atoms with Gasteiger partial charge >= 0.3 is 0 Å². The fourth-order valence-corrected chi connectivity index (χ4v) is 1.76. The Bertz CT molecular complexity index is 301. The molecule has 3 heteroatoms. The van der Waals surface area contributed by atoms with E-state index in [9.17, 15) is 0 Å². The summed E-state index contributed by atoms with van der Waals surface area (Å²) in [5.41, 5.74) is 7.97. The van der Waals surface area contributed by atoms with Crippen molar-refractivity contribution in [3.63, 3.8) is 0 Å². The van der Waals surface area contributed by atoms with Gasteiger partial charge in [-0.15, -0.1) is 0 Å². The molecule has 3 N–H and O–H groups in total. The van der Waals surface area contributed by atoms with Gasteiger partial charge in [-0.05, 0) is 11.6 Å². The lowest BCUT2D eigenvalue weighted by Gasteiger charge is -2.26. The molecule has 0 radical (unpaired) electrons. The Balaban J connectivity index is 1.99. The minimum absolute atomic E-state index is 0.272. The molecule has 0 saturated heterocycles. The number of hydrogen-bond acceptors (Lipinski definition) is 3. The molecule has 1 aromatic carbocycles. The van der Waals surface area contributed by atoms with Crippen LogP contribution < -0.4 is 11.1 Å². The van der Waals surface area contributed by atoms with Crippen molar-refractivity contribution in [1.82, 2.24) is 0 Å². The molecule has 1 aliphatic heterocycles. The largest absolute Gasteiger partial charge is 0.382 e. The monoisotopic (exact) mass is 192 g/mol. The summed E-state index contributed by atoms with van der Waals surface area (Å²) in [6, 6.07) is 8.35. The van der Waals surface area contributed by atoms with Crippen LogP contribution in [0.25, 0.3) is 0 Å². The minimum Gasteiger partial charge on any atom is -0.382 e. The number of ether oxygens (including phenoxy) is 1. The van der Waals surface area contributed by atoms with Gasteiger partial charge in [0, 0.05) is 25.2 Å². The maximum absolute atomic E-state index is 5.60. The molecular formula is C11H16N2O. The predicted molar refractivity (Wildman–Crippen MR) is 57.4 cm³/mol. The van der Waals surface area contributed by atoms with Crippen molar-refractivity contribution >= 4 is 5.69 Å². The highest BCUT2D eigenvalue weighted by Crippen LogP contribution is 2.22. The Morgan fingerprint density at radius 3 is 3.14 bits per heavy atom. The lowest BCUT2D eigenvalue weighted by Crippen LogP contribution is -2.31. The number of anilines is 1. The van der Waals surface area contributed by atoms with Crippen LogP contribution in [-0.2, 0) is 11.2 Å². The first-order chi connectivity index (χ1) is 6.90. The van der Waals surface area contributed by atoms with Gasteiger partial charge < -0.3 is 15.8 Å². The summed E-state index contributed by atoms with van der Waals surface area (Å²) < 4.78 is 5.60. The Kier molecular flexibility index (Phi) is 3.01. The smallest absolute Gasteiger partial charge is 0.0789 e. The molecule has 3 nitrogen and oxygen atoms in total. The summed E-state index contributed by atoms with van der Waals surface area (Å²) in [4.78, 5) is 0. The van der Waals surface area contributed by atoms with E-state index in [1.54, 1.807) is 0 Å². The molecule has 14 heavy (non-hydrogen) atoms. The van der Waals surface area contributed by atoms with Crippen molar-refractivity contribution in [3.05, 3.63) is 29.8 Å². The molecule has 0 fully saturated rings. The standard InChI is InChI=1S/C11H16N2O/c12-5-6-14-10-7-9-3-1-2-4-11(9)13-8-10/h1-4,10,13H,5-8,12H2. The summed E-state index contributed by atoms with van der Waals surface area (Å²) in [6.45, 7) is 2.13. The second-order valence-corrected chi connectivity index (χ2v) is 3.52. The molecule has 1 atom stereocenters. The lowest BCUT2D eigenvalue weighted by molar-refractivity contribution is 0.0660. The predicted octanol–water partition coefficient (Wildman–Crippen LogP) is 0.998. The molecule has 2 rings (SSSR count). The van der Waals surface area contributed by atoms with Crippen molar-refractivity contribution in [2.45, 2.75) is 12.5 Å². The van der Waals surface area contributed by atoms with Crippen LogP contribution in [0.15, 0.2) is 24.3 Å². The van der Waals surface area contributed by atoms with E-state index in [-0.39, 0.29) is 6.10 Å². The van der Waals surface area contributed by atoms with E-state index in [0.717, 1.165) is 13.0 Å². The zero-order valence-electron chi connectivity index (χ0n) is 8.20. The third-order valence-corrected chi connectivity index (χ3v) is 2.46. The zero-order chi connectivity index (χ0) is 9.80. The number of nitrogens with one attached hydrogen (secondary N) is 1. The van der Waals surface area contributed by atoms with Crippen LogP contribution in [0.3, 0.4) is 0 Å². The highest BCUT2D eigenvalue weighted by atomic mass is 16.5. The fourth-order valence-electron chi connectivity index (χ4n) is 1.76. The number of fused-ring (bicyclic) bond motifs is 1. The molecule has 0 amide bonds. The molecule has 0 bridgehead atoms. The van der Waals surface area contributed by atoms with E-state index < -0.39 is 0 Å². The molecule has 1 aromatic rings. The molecule has 0 saturated carbocycles. The van der Waals surface area contributed by atoms with Crippen LogP contribution in [0.2, 0.25) is 0 Å². The normalized spacial score (nSPS) is 19.9. The molecule has 0 aromatic heterocycles. The van der Waals surface area contributed by atoms with Gasteiger partial charge in [0.05, 0.1) is 12.7 Å². The summed E-state index contributed by atoms with van der Waals surface area (Å²) in [5.74, 6) is 0. The van der Waals surface area contributed by atoms with Crippen molar-refractivity contribution in [1.29, 1.82) is 0 Å². The maximum Gasteiger partial charge on any atom is 0.0789 e. The van der Waals surface area contributed by atoms with E-state index in [1.165, 1.54) is 11.3 Å². The van der Waals surface area contributed by atoms with Crippen molar-refractivity contribution < 1.29 is 4.74 Å². The van der Waals surface area contributed by atoms with Gasteiger partial charge in [0.25, 0.3) is 0 Å². The summed E-state index contributed by atoms with van der Waals surface area (Å²) in [7, 11) is 0. The van der Waals surface area contributed by atoms with Gasteiger partial charge in [0.2, 0.25) is 0 Å². The minimum atomic E-state index is 0.272. The van der Waals surface area contributed by atoms with Crippen LogP contribution in [0, 0.1) is 0 Å². The van der Waals surface area contributed by atoms with Gasteiger partial charge in [-0.25, -0.2) is 0 Å². The van der Waals surface area contributed by atoms with E-state index in [1.807, 2.05) is 6.07 Å². The fraction of sp³-hybridized carbons (Fsp3) is 0.455. The first-order valence-electron chi connectivity index (χ1n) is 5.03. The van der Waals surface area contributed by atoms with Crippen LogP contribution >= 0.6 is 0 Å². The van der Waals surface area contributed by atoms with E-state index in [2.05, 4.69) is 23.5 Å². The highest BCUT2D eigenvalue weighted by molar-refractivity contribution is 5.53. The van der Waals surface area contributed by atoms with Gasteiger partial charge in [0.15, 0.2) is 0 Å². The molecule has 0 spiro atoms. The van der Waals surface area contributed by atoms with Gasteiger partial charge in [-0.1, -0.05) is 18.2 Å². The number of nitrogens with two attached hydrogens (primary N) is 1. The van der Waals surface area contributed by atoms with Crippen molar-refractivity contribution in [3.8, 4) is 0 Å². The highest BCUT2D eigenvalue weighted by Gasteiger charge is 2.17. The molecule has 0 aliphatic carbocycles. The van der Waals surface area contributed by atoms with Gasteiger partial charge in [-0.2, -0.15) is 0 Å². The number of hydrogen-bond donors (Lipinski definition) is 2. The topological polar surface area (TPSA) is 47.3 Å². The average molecular weight is 192 g/mol. The van der Waals surface area contributed by atoms with Crippen LogP contribution in [-0.4, -0.2) is 25.8 Å². The Hall–Kier alpha value is -1.06.